The normalized spacial score (nSPS) is 16.2. The molecule has 0 radical (unpaired) electrons. The number of thiazole rings is 1. The van der Waals surface area contributed by atoms with Crippen LogP contribution in [0.3, 0.4) is 0 Å². The monoisotopic (exact) mass is 321 g/mol. The van der Waals surface area contributed by atoms with Gasteiger partial charge >= 0.3 is 0 Å². The van der Waals surface area contributed by atoms with Gasteiger partial charge in [0.05, 0.1) is 18.2 Å². The van der Waals surface area contributed by atoms with Crippen LogP contribution in [-0.2, 0) is 16.0 Å². The zero-order valence-electron chi connectivity index (χ0n) is 12.8. The van der Waals surface area contributed by atoms with E-state index < -0.39 is 0 Å². The molecule has 0 aliphatic heterocycles. The summed E-state index contributed by atoms with van der Waals surface area (Å²) >= 11 is 1.58. The molecule has 0 spiro atoms. The third-order valence-corrected chi connectivity index (χ3v) is 4.80. The van der Waals surface area contributed by atoms with Crippen molar-refractivity contribution in [3.8, 4) is 0 Å². The molecule has 1 fully saturated rings. The highest BCUT2D eigenvalue weighted by Crippen LogP contribution is 2.20. The Morgan fingerprint density at radius 3 is 3.09 bits per heavy atom. The Kier molecular flexibility index (Phi) is 5.45. The van der Waals surface area contributed by atoms with Crippen molar-refractivity contribution in [2.75, 3.05) is 13.2 Å². The fourth-order valence-electron chi connectivity index (χ4n) is 2.87. The number of carbonyl (C=O) groups is 1. The predicted octanol–water partition coefficient (Wildman–Crippen LogP) is 2.79. The summed E-state index contributed by atoms with van der Waals surface area (Å²) in [6.45, 7) is 1.42. The number of ether oxygens (including phenoxy) is 1. The van der Waals surface area contributed by atoms with Gasteiger partial charge in [-0.2, -0.15) is 0 Å². The number of rotatable bonds is 7. The van der Waals surface area contributed by atoms with Crippen molar-refractivity contribution >= 4 is 22.2 Å². The molecule has 6 heteroatoms. The zero-order valence-corrected chi connectivity index (χ0v) is 13.6. The fourth-order valence-corrected chi connectivity index (χ4v) is 3.59. The van der Waals surface area contributed by atoms with Crippen LogP contribution in [0.2, 0.25) is 0 Å². The molecule has 0 bridgehead atoms. The molecule has 120 valence electrons. The van der Waals surface area contributed by atoms with Gasteiger partial charge in [-0.05, 0) is 19.3 Å². The van der Waals surface area contributed by atoms with Crippen LogP contribution >= 0.6 is 11.3 Å². The molecular weight excluding hydrogens is 298 g/mol. The third-order valence-electron chi connectivity index (χ3n) is 4.03. The fraction of sp³-hybridized carbons (Fsp3) is 0.625. The Balaban J connectivity index is 1.30. The Morgan fingerprint density at radius 2 is 2.27 bits per heavy atom. The predicted molar refractivity (Wildman–Crippen MR) is 87.2 cm³/mol. The van der Waals surface area contributed by atoms with E-state index in [4.69, 9.17) is 4.74 Å². The maximum absolute atomic E-state index is 11.9. The minimum absolute atomic E-state index is 0.0309. The van der Waals surface area contributed by atoms with Crippen molar-refractivity contribution in [3.05, 3.63) is 23.5 Å². The highest BCUT2D eigenvalue weighted by molar-refractivity contribution is 7.15. The highest BCUT2D eigenvalue weighted by atomic mass is 32.1. The van der Waals surface area contributed by atoms with Crippen LogP contribution < -0.4 is 5.32 Å². The standard InChI is InChI=1S/C16H23N3O2S/c20-15(11-13-12-19-8-10-22-16(19)18-13)17-7-4-9-21-14-5-2-1-3-6-14/h8,10,12,14H,1-7,9,11H2,(H,17,20). The summed E-state index contributed by atoms with van der Waals surface area (Å²) < 4.78 is 7.80. The summed E-state index contributed by atoms with van der Waals surface area (Å²) in [6.07, 6.45) is 11.9. The summed E-state index contributed by atoms with van der Waals surface area (Å²) in [4.78, 5) is 17.2. The largest absolute Gasteiger partial charge is 0.378 e. The first-order valence-electron chi connectivity index (χ1n) is 8.10. The zero-order chi connectivity index (χ0) is 15.2. The molecule has 0 unspecified atom stereocenters. The molecule has 2 heterocycles. The minimum atomic E-state index is 0.0309. The lowest BCUT2D eigenvalue weighted by atomic mass is 9.98. The van der Waals surface area contributed by atoms with Crippen molar-refractivity contribution < 1.29 is 9.53 Å². The molecule has 1 amide bonds. The van der Waals surface area contributed by atoms with Gasteiger partial charge in [0, 0.05) is 30.9 Å². The van der Waals surface area contributed by atoms with Gasteiger partial charge in [0.2, 0.25) is 5.91 Å². The number of hydrogen-bond acceptors (Lipinski definition) is 4. The van der Waals surface area contributed by atoms with Crippen LogP contribution in [0.1, 0.15) is 44.2 Å². The first-order valence-corrected chi connectivity index (χ1v) is 8.98. The molecule has 2 aromatic rings. The summed E-state index contributed by atoms with van der Waals surface area (Å²) in [5, 5.41) is 4.93. The van der Waals surface area contributed by atoms with Gasteiger partial charge in [-0.25, -0.2) is 4.98 Å². The van der Waals surface area contributed by atoms with E-state index in [1.54, 1.807) is 11.3 Å². The van der Waals surface area contributed by atoms with Crippen molar-refractivity contribution in [1.82, 2.24) is 14.7 Å². The second kappa shape index (κ2) is 7.74. The molecule has 1 aliphatic rings. The van der Waals surface area contributed by atoms with Gasteiger partial charge in [0.15, 0.2) is 4.96 Å². The lowest BCUT2D eigenvalue weighted by Crippen LogP contribution is -2.27. The first-order chi connectivity index (χ1) is 10.8. The molecule has 1 N–H and O–H groups in total. The maximum atomic E-state index is 11.9. The van der Waals surface area contributed by atoms with Gasteiger partial charge in [0.1, 0.15) is 0 Å². The molecule has 1 saturated carbocycles. The average molecular weight is 321 g/mol. The Labute approximate surface area is 134 Å². The molecule has 22 heavy (non-hydrogen) atoms. The maximum Gasteiger partial charge on any atom is 0.226 e. The van der Waals surface area contributed by atoms with E-state index in [1.165, 1.54) is 32.1 Å². The van der Waals surface area contributed by atoms with Crippen molar-refractivity contribution in [1.29, 1.82) is 0 Å². The topological polar surface area (TPSA) is 55.6 Å². The number of imidazole rings is 1. The van der Waals surface area contributed by atoms with E-state index in [1.807, 2.05) is 22.2 Å². The Hall–Kier alpha value is -1.40. The smallest absolute Gasteiger partial charge is 0.226 e. The van der Waals surface area contributed by atoms with Crippen LogP contribution in [0.4, 0.5) is 0 Å². The van der Waals surface area contributed by atoms with E-state index in [9.17, 15) is 4.79 Å². The van der Waals surface area contributed by atoms with Gasteiger partial charge in [-0.3, -0.25) is 9.20 Å². The van der Waals surface area contributed by atoms with E-state index in [0.717, 1.165) is 23.7 Å². The van der Waals surface area contributed by atoms with E-state index in [2.05, 4.69) is 10.3 Å². The highest BCUT2D eigenvalue weighted by Gasteiger charge is 2.13. The molecule has 0 aromatic carbocycles. The minimum Gasteiger partial charge on any atom is -0.378 e. The second-order valence-corrected chi connectivity index (χ2v) is 6.71. The average Bonchev–Trinajstić information content (AvgIpc) is 3.09. The third kappa shape index (κ3) is 4.30. The van der Waals surface area contributed by atoms with E-state index in [0.29, 0.717) is 19.1 Å². The Morgan fingerprint density at radius 1 is 1.41 bits per heavy atom. The molecule has 2 aromatic heterocycles. The van der Waals surface area contributed by atoms with Crippen molar-refractivity contribution in [2.45, 2.75) is 51.0 Å². The molecular formula is C16H23N3O2S. The summed E-state index contributed by atoms with van der Waals surface area (Å²) in [5.41, 5.74) is 0.822. The van der Waals surface area contributed by atoms with E-state index in [-0.39, 0.29) is 5.91 Å². The van der Waals surface area contributed by atoms with Gasteiger partial charge in [0.25, 0.3) is 0 Å². The van der Waals surface area contributed by atoms with Crippen LogP contribution in [0, 0.1) is 0 Å². The number of aromatic nitrogens is 2. The summed E-state index contributed by atoms with van der Waals surface area (Å²) in [7, 11) is 0. The van der Waals surface area contributed by atoms with Crippen LogP contribution in [-0.4, -0.2) is 34.5 Å². The van der Waals surface area contributed by atoms with Crippen molar-refractivity contribution in [2.24, 2.45) is 0 Å². The SMILES string of the molecule is O=C(Cc1cn2ccsc2n1)NCCCOC1CCCCC1. The Bertz CT molecular complexity index is 573. The second-order valence-electron chi connectivity index (χ2n) is 5.84. The molecule has 0 atom stereocenters. The number of fused-ring (bicyclic) bond motifs is 1. The first kappa shape index (κ1) is 15.5. The number of nitrogens with one attached hydrogen (secondary N) is 1. The van der Waals surface area contributed by atoms with Crippen LogP contribution in [0.15, 0.2) is 17.8 Å². The summed E-state index contributed by atoms with van der Waals surface area (Å²) in [6, 6.07) is 0. The summed E-state index contributed by atoms with van der Waals surface area (Å²) in [5.74, 6) is 0.0309. The van der Waals surface area contributed by atoms with Gasteiger partial charge in [-0.15, -0.1) is 11.3 Å². The van der Waals surface area contributed by atoms with Crippen molar-refractivity contribution in [3.63, 3.8) is 0 Å². The molecule has 1 aliphatic carbocycles. The number of hydrogen-bond donors (Lipinski definition) is 1. The lowest BCUT2D eigenvalue weighted by Gasteiger charge is -2.21. The van der Waals surface area contributed by atoms with Crippen LogP contribution in [0.25, 0.3) is 4.96 Å². The number of carbonyl (C=O) groups excluding carboxylic acids is 1. The quantitative estimate of drug-likeness (QED) is 0.798. The molecule has 3 rings (SSSR count). The van der Waals surface area contributed by atoms with Gasteiger partial charge in [-0.1, -0.05) is 19.3 Å². The number of amides is 1. The van der Waals surface area contributed by atoms with E-state index >= 15 is 0 Å². The lowest BCUT2D eigenvalue weighted by molar-refractivity contribution is -0.120. The van der Waals surface area contributed by atoms with Crippen LogP contribution in [0.5, 0.6) is 0 Å². The van der Waals surface area contributed by atoms with Gasteiger partial charge < -0.3 is 10.1 Å². The number of nitrogens with zero attached hydrogens (tertiary/aromatic N) is 2. The molecule has 0 saturated heterocycles. The molecule has 5 nitrogen and oxygen atoms in total.